The lowest BCUT2D eigenvalue weighted by atomic mass is 10.2. The van der Waals surface area contributed by atoms with E-state index < -0.39 is 11.9 Å². The van der Waals surface area contributed by atoms with Gasteiger partial charge in [-0.2, -0.15) is 5.10 Å². The minimum Gasteiger partial charge on any atom is -0.495 e. The van der Waals surface area contributed by atoms with Crippen molar-refractivity contribution in [1.29, 1.82) is 0 Å². The standard InChI is InChI=1S/C18H19ClN4O4S/c1-26-14-7-11(12(19)8-13(14)23-5-3-4-6-23)10-20-22-18-21-17(25)15(28-18)9-16(24)27-2/h7-10H,3-6H2,1-2H3,(H,21,22,25)/b15-9+,20-10?. The summed E-state index contributed by atoms with van der Waals surface area (Å²) in [7, 11) is 2.85. The summed E-state index contributed by atoms with van der Waals surface area (Å²) < 4.78 is 10.0. The Balaban J connectivity index is 1.75. The van der Waals surface area contributed by atoms with E-state index in [0.717, 1.165) is 49.5 Å². The quantitative estimate of drug-likeness (QED) is 0.339. The highest BCUT2D eigenvalue weighted by molar-refractivity contribution is 8.18. The van der Waals surface area contributed by atoms with Gasteiger partial charge in [0, 0.05) is 24.7 Å². The predicted octanol–water partition coefficient (Wildman–Crippen LogP) is 2.56. The van der Waals surface area contributed by atoms with E-state index in [0.29, 0.717) is 16.3 Å². The van der Waals surface area contributed by atoms with Gasteiger partial charge in [0.25, 0.3) is 5.91 Å². The maximum absolute atomic E-state index is 11.8. The van der Waals surface area contributed by atoms with Gasteiger partial charge in [-0.05, 0) is 36.7 Å². The number of carbonyl (C=O) groups is 2. The second-order valence-electron chi connectivity index (χ2n) is 5.98. The van der Waals surface area contributed by atoms with E-state index >= 15 is 0 Å². The molecule has 0 aromatic heterocycles. The number of hydrogen-bond donors (Lipinski definition) is 1. The van der Waals surface area contributed by atoms with E-state index in [4.69, 9.17) is 16.3 Å². The smallest absolute Gasteiger partial charge is 0.331 e. The first-order chi connectivity index (χ1) is 13.5. The Hall–Kier alpha value is -2.52. The van der Waals surface area contributed by atoms with Crippen LogP contribution < -0.4 is 15.0 Å². The van der Waals surface area contributed by atoms with Crippen LogP contribution >= 0.6 is 23.4 Å². The van der Waals surface area contributed by atoms with Crippen molar-refractivity contribution < 1.29 is 19.1 Å². The zero-order valence-corrected chi connectivity index (χ0v) is 17.0. The van der Waals surface area contributed by atoms with Gasteiger partial charge in [-0.25, -0.2) is 4.79 Å². The minimum absolute atomic E-state index is 0.190. The summed E-state index contributed by atoms with van der Waals surface area (Å²) >= 11 is 7.39. The Morgan fingerprint density at radius 1 is 1.32 bits per heavy atom. The first-order valence-corrected chi connectivity index (χ1v) is 9.73. The summed E-state index contributed by atoms with van der Waals surface area (Å²) in [5.41, 5.74) is 1.61. The zero-order chi connectivity index (χ0) is 20.1. The van der Waals surface area contributed by atoms with Gasteiger partial charge >= 0.3 is 5.97 Å². The molecule has 0 saturated carbocycles. The SMILES string of the molecule is COC(=O)/C=C1/S/C(=N\N=Cc2cc(OC)c(N3CCCC3)cc2Cl)NC1=O. The summed E-state index contributed by atoms with van der Waals surface area (Å²) in [6, 6.07) is 3.67. The van der Waals surface area contributed by atoms with Crippen LogP contribution in [0.1, 0.15) is 18.4 Å². The van der Waals surface area contributed by atoms with Crippen LogP contribution in [0, 0.1) is 0 Å². The van der Waals surface area contributed by atoms with E-state index in [-0.39, 0.29) is 10.1 Å². The largest absolute Gasteiger partial charge is 0.495 e. The number of thioether (sulfide) groups is 1. The second kappa shape index (κ2) is 9.11. The summed E-state index contributed by atoms with van der Waals surface area (Å²) in [6.45, 7) is 1.96. The van der Waals surface area contributed by atoms with Crippen LogP contribution in [-0.2, 0) is 14.3 Å². The molecule has 2 saturated heterocycles. The molecule has 2 aliphatic rings. The van der Waals surface area contributed by atoms with E-state index in [1.807, 2.05) is 12.1 Å². The fourth-order valence-corrected chi connectivity index (χ4v) is 3.76. The third-order valence-electron chi connectivity index (χ3n) is 4.19. The van der Waals surface area contributed by atoms with Gasteiger partial charge in [-0.1, -0.05) is 11.6 Å². The molecular formula is C18H19ClN4O4S. The highest BCUT2D eigenvalue weighted by Gasteiger charge is 2.25. The van der Waals surface area contributed by atoms with Crippen LogP contribution in [0.2, 0.25) is 5.02 Å². The van der Waals surface area contributed by atoms with Crippen LogP contribution in [0.25, 0.3) is 0 Å². The van der Waals surface area contributed by atoms with Gasteiger partial charge in [0.1, 0.15) is 5.75 Å². The molecule has 1 N–H and O–H groups in total. The Bertz CT molecular complexity index is 879. The van der Waals surface area contributed by atoms with Crippen molar-refractivity contribution in [2.24, 2.45) is 10.2 Å². The monoisotopic (exact) mass is 422 g/mol. The van der Waals surface area contributed by atoms with Gasteiger partial charge in [-0.3, -0.25) is 10.1 Å². The topological polar surface area (TPSA) is 92.6 Å². The van der Waals surface area contributed by atoms with Crippen molar-refractivity contribution in [3.05, 3.63) is 33.7 Å². The summed E-state index contributed by atoms with van der Waals surface area (Å²) in [5, 5.41) is 11.3. The van der Waals surface area contributed by atoms with Crippen molar-refractivity contribution in [3.8, 4) is 5.75 Å². The van der Waals surface area contributed by atoms with Crippen molar-refractivity contribution >= 4 is 52.3 Å². The molecule has 2 heterocycles. The number of ether oxygens (including phenoxy) is 2. The number of carbonyl (C=O) groups excluding carboxylic acids is 2. The van der Waals surface area contributed by atoms with Crippen molar-refractivity contribution in [2.75, 3.05) is 32.2 Å². The summed E-state index contributed by atoms with van der Waals surface area (Å²) in [5.74, 6) is -0.328. The van der Waals surface area contributed by atoms with Gasteiger partial charge in [0.15, 0.2) is 5.17 Å². The molecule has 0 unspecified atom stereocenters. The fourth-order valence-electron chi connectivity index (χ4n) is 2.81. The van der Waals surface area contributed by atoms with Gasteiger partial charge in [0.2, 0.25) is 0 Å². The number of methoxy groups -OCH3 is 2. The molecule has 2 fully saturated rings. The molecule has 28 heavy (non-hydrogen) atoms. The molecule has 0 spiro atoms. The molecule has 1 aromatic rings. The molecule has 1 amide bonds. The number of esters is 1. The second-order valence-corrected chi connectivity index (χ2v) is 7.42. The molecule has 0 aliphatic carbocycles. The molecule has 3 rings (SSSR count). The number of anilines is 1. The number of amidine groups is 1. The molecule has 2 aliphatic heterocycles. The van der Waals surface area contributed by atoms with Crippen LogP contribution in [0.5, 0.6) is 5.75 Å². The van der Waals surface area contributed by atoms with Gasteiger partial charge in [0.05, 0.1) is 36.0 Å². The van der Waals surface area contributed by atoms with E-state index in [2.05, 4.69) is 25.2 Å². The molecule has 148 valence electrons. The van der Waals surface area contributed by atoms with E-state index in [9.17, 15) is 9.59 Å². The molecule has 10 heteroatoms. The Labute approximate surface area is 171 Å². The maximum atomic E-state index is 11.8. The minimum atomic E-state index is -0.612. The molecule has 0 atom stereocenters. The first-order valence-electron chi connectivity index (χ1n) is 8.54. The average molecular weight is 423 g/mol. The van der Waals surface area contributed by atoms with E-state index in [1.54, 1.807) is 7.11 Å². The lowest BCUT2D eigenvalue weighted by molar-refractivity contribution is -0.135. The van der Waals surface area contributed by atoms with Crippen molar-refractivity contribution in [1.82, 2.24) is 5.32 Å². The number of nitrogens with one attached hydrogen (secondary N) is 1. The number of nitrogens with zero attached hydrogens (tertiary/aromatic N) is 3. The summed E-state index contributed by atoms with van der Waals surface area (Å²) in [6.07, 6.45) is 4.89. The van der Waals surface area contributed by atoms with Crippen molar-refractivity contribution in [3.63, 3.8) is 0 Å². The van der Waals surface area contributed by atoms with Gasteiger partial charge < -0.3 is 14.4 Å². The number of benzene rings is 1. The fraction of sp³-hybridized carbons (Fsp3) is 0.333. The average Bonchev–Trinajstić information content (AvgIpc) is 3.33. The number of halogens is 1. The van der Waals surface area contributed by atoms with Crippen molar-refractivity contribution in [2.45, 2.75) is 12.8 Å². The predicted molar refractivity (Wildman–Crippen MR) is 110 cm³/mol. The lowest BCUT2D eigenvalue weighted by Crippen LogP contribution is -2.19. The zero-order valence-electron chi connectivity index (χ0n) is 15.4. The van der Waals surface area contributed by atoms with Crippen LogP contribution in [0.3, 0.4) is 0 Å². The highest BCUT2D eigenvalue weighted by Crippen LogP contribution is 2.35. The first kappa shape index (κ1) is 20.2. The highest BCUT2D eigenvalue weighted by atomic mass is 35.5. The Morgan fingerprint density at radius 3 is 2.75 bits per heavy atom. The third kappa shape index (κ3) is 4.66. The maximum Gasteiger partial charge on any atom is 0.331 e. The molecule has 0 radical (unpaired) electrons. The van der Waals surface area contributed by atoms with Crippen LogP contribution in [-0.4, -0.2) is 50.6 Å². The van der Waals surface area contributed by atoms with Crippen LogP contribution in [0.15, 0.2) is 33.3 Å². The molecule has 8 nitrogen and oxygen atoms in total. The van der Waals surface area contributed by atoms with Crippen LogP contribution in [0.4, 0.5) is 5.69 Å². The van der Waals surface area contributed by atoms with Gasteiger partial charge in [-0.15, -0.1) is 5.10 Å². The number of rotatable bonds is 5. The molecule has 0 bridgehead atoms. The Kier molecular flexibility index (Phi) is 6.58. The Morgan fingerprint density at radius 2 is 2.07 bits per heavy atom. The molecule has 1 aromatic carbocycles. The summed E-state index contributed by atoms with van der Waals surface area (Å²) in [4.78, 5) is 25.5. The number of hydrogen-bond acceptors (Lipinski definition) is 8. The van der Waals surface area contributed by atoms with E-state index in [1.165, 1.54) is 13.3 Å². The number of amides is 1. The lowest BCUT2D eigenvalue weighted by Gasteiger charge is -2.21. The third-order valence-corrected chi connectivity index (χ3v) is 5.42. The normalized spacial score (nSPS) is 19.7. The molecular weight excluding hydrogens is 404 g/mol.